The molecule has 0 amide bonds. The second kappa shape index (κ2) is 5.06. The molecule has 3 heteroatoms. The Bertz CT molecular complexity index is 235. The van der Waals surface area contributed by atoms with Crippen LogP contribution < -0.4 is 5.32 Å². The van der Waals surface area contributed by atoms with Crippen LogP contribution in [0.1, 0.15) is 19.5 Å². The van der Waals surface area contributed by atoms with Gasteiger partial charge in [0.15, 0.2) is 0 Å². The highest BCUT2D eigenvalue weighted by Crippen LogP contribution is 1.99. The van der Waals surface area contributed by atoms with Gasteiger partial charge in [-0.3, -0.25) is 0 Å². The molecule has 0 aromatic carbocycles. The van der Waals surface area contributed by atoms with Crippen molar-refractivity contribution in [1.29, 1.82) is 0 Å². The van der Waals surface area contributed by atoms with Gasteiger partial charge >= 0.3 is 0 Å². The topological polar surface area (TPSA) is 24.9 Å². The number of thiazole rings is 1. The van der Waals surface area contributed by atoms with Crippen molar-refractivity contribution in [3.63, 3.8) is 0 Å². The van der Waals surface area contributed by atoms with Crippen LogP contribution in [0.2, 0.25) is 0 Å². The first-order chi connectivity index (χ1) is 5.79. The van der Waals surface area contributed by atoms with E-state index in [1.165, 1.54) is 5.57 Å². The molecule has 0 aliphatic rings. The van der Waals surface area contributed by atoms with Crippen LogP contribution in [0.4, 0.5) is 0 Å². The molecule has 0 fully saturated rings. The van der Waals surface area contributed by atoms with Gasteiger partial charge in [0.2, 0.25) is 0 Å². The lowest BCUT2D eigenvalue weighted by atomic mass is 10.3. The summed E-state index contributed by atoms with van der Waals surface area (Å²) in [6.45, 7) is 6.00. The molecule has 0 aliphatic carbocycles. The number of aromatic nitrogens is 1. The van der Waals surface area contributed by atoms with Gasteiger partial charge in [-0.15, -0.1) is 11.3 Å². The molecule has 1 N–H and O–H groups in total. The van der Waals surface area contributed by atoms with Crippen molar-refractivity contribution in [2.24, 2.45) is 0 Å². The highest BCUT2D eigenvalue weighted by Gasteiger charge is 1.91. The average molecular weight is 182 g/mol. The molecule has 0 unspecified atom stereocenters. The molecule has 2 nitrogen and oxygen atoms in total. The smallest absolute Gasteiger partial charge is 0.0795 e. The van der Waals surface area contributed by atoms with Gasteiger partial charge in [0.1, 0.15) is 0 Å². The summed E-state index contributed by atoms with van der Waals surface area (Å²) in [5.74, 6) is 0. The highest BCUT2D eigenvalue weighted by atomic mass is 32.1. The SMILES string of the molecule is CC(C)=CCNCc1cscn1. The van der Waals surface area contributed by atoms with Crippen molar-refractivity contribution in [2.45, 2.75) is 20.4 Å². The van der Waals surface area contributed by atoms with Gasteiger partial charge in [-0.25, -0.2) is 4.98 Å². The van der Waals surface area contributed by atoms with E-state index in [0.717, 1.165) is 18.8 Å². The van der Waals surface area contributed by atoms with Crippen molar-refractivity contribution in [1.82, 2.24) is 10.3 Å². The van der Waals surface area contributed by atoms with Crippen molar-refractivity contribution < 1.29 is 0 Å². The lowest BCUT2D eigenvalue weighted by Gasteiger charge is -1.97. The van der Waals surface area contributed by atoms with E-state index >= 15 is 0 Å². The number of hydrogen-bond acceptors (Lipinski definition) is 3. The Morgan fingerprint density at radius 2 is 2.50 bits per heavy atom. The van der Waals surface area contributed by atoms with Gasteiger partial charge in [0.25, 0.3) is 0 Å². The molecule has 1 aromatic heterocycles. The second-order valence-corrected chi connectivity index (χ2v) is 3.61. The summed E-state index contributed by atoms with van der Waals surface area (Å²) >= 11 is 1.64. The fourth-order valence-electron chi connectivity index (χ4n) is 0.801. The van der Waals surface area contributed by atoms with Crippen LogP contribution in [0.3, 0.4) is 0 Å². The van der Waals surface area contributed by atoms with Crippen LogP contribution in [-0.4, -0.2) is 11.5 Å². The van der Waals surface area contributed by atoms with Gasteiger partial charge in [-0.05, 0) is 13.8 Å². The van der Waals surface area contributed by atoms with Crippen LogP contribution in [0.25, 0.3) is 0 Å². The summed E-state index contributed by atoms with van der Waals surface area (Å²) in [5, 5.41) is 5.35. The zero-order valence-corrected chi connectivity index (χ0v) is 8.32. The standard InChI is InChI=1S/C9H14N2S/c1-8(2)3-4-10-5-9-6-12-7-11-9/h3,6-7,10H,4-5H2,1-2H3. The van der Waals surface area contributed by atoms with Crippen LogP contribution in [0, 0.1) is 0 Å². The fourth-order valence-corrected chi connectivity index (χ4v) is 1.36. The minimum Gasteiger partial charge on any atom is -0.308 e. The van der Waals surface area contributed by atoms with Crippen molar-refractivity contribution in [2.75, 3.05) is 6.54 Å². The zero-order chi connectivity index (χ0) is 8.81. The van der Waals surface area contributed by atoms with Crippen molar-refractivity contribution >= 4 is 11.3 Å². The first-order valence-electron chi connectivity index (χ1n) is 4.00. The number of rotatable bonds is 4. The molecule has 0 spiro atoms. The molecule has 12 heavy (non-hydrogen) atoms. The maximum Gasteiger partial charge on any atom is 0.0795 e. The maximum atomic E-state index is 4.17. The number of hydrogen-bond donors (Lipinski definition) is 1. The predicted octanol–water partition coefficient (Wildman–Crippen LogP) is 2.20. The minimum absolute atomic E-state index is 0.868. The molecule has 0 bridgehead atoms. The van der Waals surface area contributed by atoms with Crippen LogP contribution in [-0.2, 0) is 6.54 Å². The Morgan fingerprint density at radius 1 is 1.67 bits per heavy atom. The van der Waals surface area contributed by atoms with E-state index in [9.17, 15) is 0 Å². The van der Waals surface area contributed by atoms with E-state index in [0.29, 0.717) is 0 Å². The molecule has 1 heterocycles. The molecule has 1 rings (SSSR count). The number of nitrogens with zero attached hydrogens (tertiary/aromatic N) is 1. The van der Waals surface area contributed by atoms with Crippen molar-refractivity contribution in [3.8, 4) is 0 Å². The van der Waals surface area contributed by atoms with Gasteiger partial charge in [-0.2, -0.15) is 0 Å². The normalized spacial score (nSPS) is 9.83. The third-order valence-corrected chi connectivity index (χ3v) is 2.08. The largest absolute Gasteiger partial charge is 0.308 e. The Kier molecular flexibility index (Phi) is 3.97. The minimum atomic E-state index is 0.868. The van der Waals surface area contributed by atoms with Gasteiger partial charge in [0.05, 0.1) is 11.2 Å². The van der Waals surface area contributed by atoms with E-state index in [4.69, 9.17) is 0 Å². The third kappa shape index (κ3) is 3.64. The summed E-state index contributed by atoms with van der Waals surface area (Å²) in [7, 11) is 0. The summed E-state index contributed by atoms with van der Waals surface area (Å²) in [6, 6.07) is 0. The summed E-state index contributed by atoms with van der Waals surface area (Å²) in [5.41, 5.74) is 4.33. The third-order valence-electron chi connectivity index (χ3n) is 1.44. The molecule has 0 saturated carbocycles. The molecule has 0 radical (unpaired) electrons. The molecular formula is C9H14N2S. The van der Waals surface area contributed by atoms with E-state index in [-0.39, 0.29) is 0 Å². The molecule has 0 aliphatic heterocycles. The molecule has 0 saturated heterocycles. The Balaban J connectivity index is 2.16. The monoisotopic (exact) mass is 182 g/mol. The molecule has 1 aromatic rings. The Morgan fingerprint density at radius 3 is 3.08 bits per heavy atom. The van der Waals surface area contributed by atoms with Crippen LogP contribution in [0.15, 0.2) is 22.5 Å². The lowest BCUT2D eigenvalue weighted by Crippen LogP contribution is -2.13. The molecular weight excluding hydrogens is 168 g/mol. The lowest BCUT2D eigenvalue weighted by molar-refractivity contribution is 0.742. The quantitative estimate of drug-likeness (QED) is 0.570. The summed E-state index contributed by atoms with van der Waals surface area (Å²) in [6.07, 6.45) is 2.17. The number of allylic oxidation sites excluding steroid dienone is 1. The van der Waals surface area contributed by atoms with Crippen LogP contribution >= 0.6 is 11.3 Å². The Hall–Kier alpha value is -0.670. The maximum absolute atomic E-state index is 4.17. The highest BCUT2D eigenvalue weighted by molar-refractivity contribution is 7.07. The first-order valence-corrected chi connectivity index (χ1v) is 4.94. The van der Waals surface area contributed by atoms with Crippen molar-refractivity contribution in [3.05, 3.63) is 28.2 Å². The van der Waals surface area contributed by atoms with Crippen LogP contribution in [0.5, 0.6) is 0 Å². The molecule has 66 valence electrons. The van der Waals surface area contributed by atoms with Gasteiger partial charge in [0, 0.05) is 18.5 Å². The fraction of sp³-hybridized carbons (Fsp3) is 0.444. The average Bonchev–Trinajstić information content (AvgIpc) is 2.49. The predicted molar refractivity (Wildman–Crippen MR) is 53.3 cm³/mol. The van der Waals surface area contributed by atoms with E-state index < -0.39 is 0 Å². The zero-order valence-electron chi connectivity index (χ0n) is 7.50. The molecule has 0 atom stereocenters. The van der Waals surface area contributed by atoms with E-state index in [1.807, 2.05) is 5.51 Å². The van der Waals surface area contributed by atoms with E-state index in [2.05, 4.69) is 35.6 Å². The van der Waals surface area contributed by atoms with Gasteiger partial charge < -0.3 is 5.32 Å². The second-order valence-electron chi connectivity index (χ2n) is 2.89. The van der Waals surface area contributed by atoms with Gasteiger partial charge in [-0.1, -0.05) is 11.6 Å². The first kappa shape index (κ1) is 9.42. The number of nitrogens with one attached hydrogen (secondary N) is 1. The Labute approximate surface area is 77.3 Å². The van der Waals surface area contributed by atoms with E-state index in [1.54, 1.807) is 11.3 Å². The summed E-state index contributed by atoms with van der Waals surface area (Å²) in [4.78, 5) is 4.17. The summed E-state index contributed by atoms with van der Waals surface area (Å²) < 4.78 is 0.